The molecular weight excluding hydrogens is 296 g/mol. The van der Waals surface area contributed by atoms with Crippen LogP contribution < -0.4 is 5.32 Å². The predicted molar refractivity (Wildman–Crippen MR) is 76.1 cm³/mol. The van der Waals surface area contributed by atoms with Gasteiger partial charge in [-0.1, -0.05) is 22.0 Å². The molecular formula is C13H17BrN2O2. The fraction of sp³-hybridized carbons (Fsp3) is 0.385. The molecule has 1 aromatic rings. The Balaban J connectivity index is 2.90. The number of halogens is 1. The molecule has 0 radical (unpaired) electrons. The van der Waals surface area contributed by atoms with E-state index >= 15 is 0 Å². The highest BCUT2D eigenvalue weighted by molar-refractivity contribution is 9.10. The van der Waals surface area contributed by atoms with Crippen LogP contribution in [0.1, 0.15) is 24.2 Å². The van der Waals surface area contributed by atoms with Crippen molar-refractivity contribution in [2.45, 2.75) is 18.2 Å². The standard InChI is InChI=1S/C13H17BrN2O2/c1-13(2,14)12(18)15-10-7-5-6-9(8-10)11(17)16(3)4/h5-8H,1-4H3,(H,15,18). The van der Waals surface area contributed by atoms with Gasteiger partial charge in [-0.3, -0.25) is 9.59 Å². The monoisotopic (exact) mass is 312 g/mol. The molecule has 0 aliphatic carbocycles. The van der Waals surface area contributed by atoms with Crippen molar-refractivity contribution >= 4 is 33.4 Å². The zero-order valence-corrected chi connectivity index (χ0v) is 12.5. The first-order valence-electron chi connectivity index (χ1n) is 5.54. The lowest BCUT2D eigenvalue weighted by atomic mass is 10.1. The van der Waals surface area contributed by atoms with Crippen LogP contribution in [-0.4, -0.2) is 35.1 Å². The van der Waals surface area contributed by atoms with Crippen LogP contribution in [0.2, 0.25) is 0 Å². The van der Waals surface area contributed by atoms with Crippen molar-refractivity contribution in [3.63, 3.8) is 0 Å². The molecule has 4 nitrogen and oxygen atoms in total. The fourth-order valence-corrected chi connectivity index (χ4v) is 1.37. The summed E-state index contributed by atoms with van der Waals surface area (Å²) in [6.45, 7) is 3.52. The smallest absolute Gasteiger partial charge is 0.253 e. The summed E-state index contributed by atoms with van der Waals surface area (Å²) in [5.74, 6) is -0.249. The van der Waals surface area contributed by atoms with Crippen LogP contribution >= 0.6 is 15.9 Å². The van der Waals surface area contributed by atoms with Crippen molar-refractivity contribution in [1.82, 2.24) is 4.90 Å². The second kappa shape index (κ2) is 5.52. The van der Waals surface area contributed by atoms with E-state index in [1.165, 1.54) is 4.90 Å². The first-order chi connectivity index (χ1) is 8.21. The van der Waals surface area contributed by atoms with Gasteiger partial charge in [-0.15, -0.1) is 0 Å². The molecule has 18 heavy (non-hydrogen) atoms. The van der Waals surface area contributed by atoms with E-state index < -0.39 is 4.32 Å². The highest BCUT2D eigenvalue weighted by Gasteiger charge is 2.23. The molecule has 1 aromatic carbocycles. The van der Waals surface area contributed by atoms with Gasteiger partial charge in [0, 0.05) is 25.3 Å². The zero-order chi connectivity index (χ0) is 13.9. The molecule has 0 unspecified atom stereocenters. The predicted octanol–water partition coefficient (Wildman–Crippen LogP) is 2.50. The van der Waals surface area contributed by atoms with Gasteiger partial charge in [0.05, 0.1) is 4.32 Å². The van der Waals surface area contributed by atoms with E-state index in [0.717, 1.165) is 0 Å². The van der Waals surface area contributed by atoms with Gasteiger partial charge in [0.25, 0.3) is 5.91 Å². The minimum absolute atomic E-state index is 0.0933. The minimum Gasteiger partial charge on any atom is -0.345 e. The Morgan fingerprint density at radius 2 is 1.89 bits per heavy atom. The Bertz CT molecular complexity index is 464. The maximum Gasteiger partial charge on any atom is 0.253 e. The zero-order valence-electron chi connectivity index (χ0n) is 11.0. The maximum absolute atomic E-state index is 11.8. The van der Waals surface area contributed by atoms with Crippen molar-refractivity contribution in [2.75, 3.05) is 19.4 Å². The number of alkyl halides is 1. The van der Waals surface area contributed by atoms with Gasteiger partial charge in [0.1, 0.15) is 0 Å². The number of carbonyl (C=O) groups is 2. The summed E-state index contributed by atoms with van der Waals surface area (Å²) in [5, 5.41) is 2.76. The van der Waals surface area contributed by atoms with Crippen molar-refractivity contribution < 1.29 is 9.59 Å². The molecule has 1 N–H and O–H groups in total. The number of nitrogens with zero attached hydrogens (tertiary/aromatic N) is 1. The number of benzene rings is 1. The second-order valence-corrected chi connectivity index (χ2v) is 6.69. The van der Waals surface area contributed by atoms with Crippen LogP contribution in [0.5, 0.6) is 0 Å². The molecule has 0 saturated heterocycles. The third-order valence-corrected chi connectivity index (χ3v) is 2.67. The maximum atomic E-state index is 11.8. The van der Waals surface area contributed by atoms with E-state index in [1.54, 1.807) is 52.2 Å². The third kappa shape index (κ3) is 3.84. The summed E-state index contributed by atoms with van der Waals surface area (Å²) in [6, 6.07) is 6.88. The summed E-state index contributed by atoms with van der Waals surface area (Å²) in [4.78, 5) is 25.1. The van der Waals surface area contributed by atoms with Crippen molar-refractivity contribution in [2.24, 2.45) is 0 Å². The number of nitrogens with one attached hydrogen (secondary N) is 1. The molecule has 0 saturated carbocycles. The van der Waals surface area contributed by atoms with E-state index in [0.29, 0.717) is 11.3 Å². The van der Waals surface area contributed by atoms with Crippen LogP contribution in [0.25, 0.3) is 0 Å². The van der Waals surface area contributed by atoms with E-state index in [2.05, 4.69) is 21.2 Å². The van der Waals surface area contributed by atoms with Gasteiger partial charge in [-0.2, -0.15) is 0 Å². The van der Waals surface area contributed by atoms with Crippen molar-refractivity contribution in [1.29, 1.82) is 0 Å². The first kappa shape index (κ1) is 14.7. The molecule has 0 heterocycles. The third-order valence-electron chi connectivity index (χ3n) is 2.31. The van der Waals surface area contributed by atoms with Crippen LogP contribution in [0.15, 0.2) is 24.3 Å². The number of hydrogen-bond acceptors (Lipinski definition) is 2. The Morgan fingerprint density at radius 3 is 2.39 bits per heavy atom. The second-order valence-electron chi connectivity index (χ2n) is 4.71. The van der Waals surface area contributed by atoms with E-state index in [1.807, 2.05) is 0 Å². The Hall–Kier alpha value is -1.36. The number of anilines is 1. The minimum atomic E-state index is -0.644. The van der Waals surface area contributed by atoms with Crippen molar-refractivity contribution in [3.05, 3.63) is 29.8 Å². The van der Waals surface area contributed by atoms with Gasteiger partial charge in [0.2, 0.25) is 5.91 Å². The van der Waals surface area contributed by atoms with Crippen LogP contribution in [-0.2, 0) is 4.79 Å². The SMILES string of the molecule is CN(C)C(=O)c1cccc(NC(=O)C(C)(C)Br)c1. The molecule has 0 aliphatic heterocycles. The lowest BCUT2D eigenvalue weighted by Gasteiger charge is -2.16. The van der Waals surface area contributed by atoms with Crippen LogP contribution in [0.3, 0.4) is 0 Å². The van der Waals surface area contributed by atoms with Gasteiger partial charge in [-0.05, 0) is 32.0 Å². The highest BCUT2D eigenvalue weighted by atomic mass is 79.9. The highest BCUT2D eigenvalue weighted by Crippen LogP contribution is 2.19. The van der Waals surface area contributed by atoms with E-state index in [9.17, 15) is 9.59 Å². The van der Waals surface area contributed by atoms with Gasteiger partial charge >= 0.3 is 0 Å². The number of amides is 2. The van der Waals surface area contributed by atoms with Gasteiger partial charge in [-0.25, -0.2) is 0 Å². The molecule has 0 fully saturated rings. The molecule has 98 valence electrons. The van der Waals surface area contributed by atoms with E-state index in [4.69, 9.17) is 0 Å². The summed E-state index contributed by atoms with van der Waals surface area (Å²) in [5.41, 5.74) is 1.16. The number of hydrogen-bond donors (Lipinski definition) is 1. The average molecular weight is 313 g/mol. The summed E-state index contributed by atoms with van der Waals surface area (Å²) in [6.07, 6.45) is 0. The van der Waals surface area contributed by atoms with Crippen molar-refractivity contribution in [3.8, 4) is 0 Å². The molecule has 0 aromatic heterocycles. The van der Waals surface area contributed by atoms with E-state index in [-0.39, 0.29) is 11.8 Å². The van der Waals surface area contributed by atoms with Gasteiger partial charge < -0.3 is 10.2 Å². The normalized spacial score (nSPS) is 10.9. The Morgan fingerprint density at radius 1 is 1.28 bits per heavy atom. The Kier molecular flexibility index (Phi) is 4.51. The Labute approximate surface area is 115 Å². The van der Waals surface area contributed by atoms with Crippen LogP contribution in [0, 0.1) is 0 Å². The fourth-order valence-electron chi connectivity index (χ4n) is 1.27. The summed E-state index contributed by atoms with van der Waals surface area (Å²) >= 11 is 3.28. The number of rotatable bonds is 3. The van der Waals surface area contributed by atoms with Crippen LogP contribution in [0.4, 0.5) is 5.69 Å². The molecule has 0 spiro atoms. The lowest BCUT2D eigenvalue weighted by molar-refractivity contribution is -0.117. The molecule has 0 bridgehead atoms. The number of carbonyl (C=O) groups excluding carboxylic acids is 2. The first-order valence-corrected chi connectivity index (χ1v) is 6.33. The average Bonchev–Trinajstić information content (AvgIpc) is 2.27. The summed E-state index contributed by atoms with van der Waals surface area (Å²) < 4.78 is -0.644. The topological polar surface area (TPSA) is 49.4 Å². The molecule has 2 amide bonds. The molecule has 0 aliphatic rings. The quantitative estimate of drug-likeness (QED) is 0.872. The lowest BCUT2D eigenvalue weighted by Crippen LogP contribution is -2.31. The molecule has 5 heteroatoms. The summed E-state index contributed by atoms with van der Waals surface area (Å²) in [7, 11) is 3.38. The molecule has 0 atom stereocenters. The largest absolute Gasteiger partial charge is 0.345 e. The van der Waals surface area contributed by atoms with Gasteiger partial charge in [0.15, 0.2) is 0 Å². The molecule has 1 rings (SSSR count).